The highest BCUT2D eigenvalue weighted by Crippen LogP contribution is 2.26. The van der Waals surface area contributed by atoms with Crippen molar-refractivity contribution in [2.24, 2.45) is 0 Å². The minimum absolute atomic E-state index is 0.438. The third-order valence-corrected chi connectivity index (χ3v) is 3.22. The van der Waals surface area contributed by atoms with Gasteiger partial charge in [0.1, 0.15) is 18.1 Å². The lowest BCUT2D eigenvalue weighted by atomic mass is 10.2. The van der Waals surface area contributed by atoms with Crippen LogP contribution in [0.15, 0.2) is 41.1 Å². The van der Waals surface area contributed by atoms with Gasteiger partial charge in [-0.25, -0.2) is 0 Å². The summed E-state index contributed by atoms with van der Waals surface area (Å²) in [6, 6.07) is 9.96. The average Bonchev–Trinajstić information content (AvgIpc) is 3.07. The molecule has 0 atom stereocenters. The van der Waals surface area contributed by atoms with E-state index in [1.54, 1.807) is 14.2 Å². The Labute approximate surface area is 116 Å². The molecular weight excluding hydrogens is 256 g/mol. The van der Waals surface area contributed by atoms with Gasteiger partial charge in [-0.1, -0.05) is 11.2 Å². The van der Waals surface area contributed by atoms with Crippen molar-refractivity contribution in [2.45, 2.75) is 13.2 Å². The van der Waals surface area contributed by atoms with E-state index in [0.29, 0.717) is 13.2 Å². The quantitative estimate of drug-likeness (QED) is 0.716. The normalized spacial score (nSPS) is 11.1. The van der Waals surface area contributed by atoms with E-state index < -0.39 is 0 Å². The van der Waals surface area contributed by atoms with Crippen molar-refractivity contribution in [3.63, 3.8) is 0 Å². The number of fused-ring (bicyclic) bond motifs is 1. The lowest BCUT2D eigenvalue weighted by Crippen LogP contribution is -1.98. The summed E-state index contributed by atoms with van der Waals surface area (Å²) in [6.07, 6.45) is 2.03. The summed E-state index contributed by atoms with van der Waals surface area (Å²) < 4.78 is 17.7. The predicted molar refractivity (Wildman–Crippen MR) is 74.8 cm³/mol. The van der Waals surface area contributed by atoms with E-state index in [1.165, 1.54) is 0 Å². The number of benzene rings is 1. The van der Waals surface area contributed by atoms with E-state index in [0.717, 1.165) is 28.1 Å². The Morgan fingerprint density at radius 1 is 1.25 bits per heavy atom. The first-order valence-corrected chi connectivity index (χ1v) is 6.37. The Balaban J connectivity index is 1.90. The molecule has 2 aromatic heterocycles. The molecule has 5 heteroatoms. The molecular formula is C15H16N2O3. The molecule has 0 aliphatic carbocycles. The van der Waals surface area contributed by atoms with E-state index in [9.17, 15) is 0 Å². The van der Waals surface area contributed by atoms with Gasteiger partial charge in [-0.05, 0) is 18.2 Å². The lowest BCUT2D eigenvalue weighted by Gasteiger charge is -2.04. The van der Waals surface area contributed by atoms with Gasteiger partial charge in [0.15, 0.2) is 5.76 Å². The molecule has 0 spiro atoms. The second kappa shape index (κ2) is 5.38. The Hall–Kier alpha value is -2.27. The smallest absolute Gasteiger partial charge is 0.162 e. The topological polar surface area (TPSA) is 49.4 Å². The molecule has 1 aromatic carbocycles. The molecule has 0 aliphatic heterocycles. The molecule has 0 aliphatic rings. The van der Waals surface area contributed by atoms with Gasteiger partial charge in [-0.2, -0.15) is 0 Å². The summed E-state index contributed by atoms with van der Waals surface area (Å²) in [5.41, 5.74) is 1.98. The molecule has 0 fully saturated rings. The SMILES string of the molecule is COCc1cc(Cn2ccc3c(OC)cccc32)no1. The van der Waals surface area contributed by atoms with Crippen molar-refractivity contribution in [1.29, 1.82) is 0 Å². The van der Waals surface area contributed by atoms with Crippen LogP contribution < -0.4 is 4.74 Å². The molecule has 20 heavy (non-hydrogen) atoms. The zero-order valence-electron chi connectivity index (χ0n) is 11.5. The zero-order chi connectivity index (χ0) is 13.9. The number of ether oxygens (including phenoxy) is 2. The van der Waals surface area contributed by atoms with Crippen molar-refractivity contribution in [3.05, 3.63) is 48.0 Å². The number of methoxy groups -OCH3 is 2. The summed E-state index contributed by atoms with van der Waals surface area (Å²) in [4.78, 5) is 0. The summed E-state index contributed by atoms with van der Waals surface area (Å²) in [7, 11) is 3.31. The Kier molecular flexibility index (Phi) is 3.43. The third kappa shape index (κ3) is 2.28. The van der Waals surface area contributed by atoms with Gasteiger partial charge in [-0.15, -0.1) is 0 Å². The first-order chi connectivity index (χ1) is 9.81. The van der Waals surface area contributed by atoms with E-state index in [1.807, 2.05) is 30.5 Å². The molecule has 0 amide bonds. The van der Waals surface area contributed by atoms with Gasteiger partial charge < -0.3 is 18.6 Å². The van der Waals surface area contributed by atoms with Crippen LogP contribution in [0.25, 0.3) is 10.9 Å². The number of aromatic nitrogens is 2. The van der Waals surface area contributed by atoms with Crippen molar-refractivity contribution in [3.8, 4) is 5.75 Å². The first-order valence-electron chi connectivity index (χ1n) is 6.37. The highest BCUT2D eigenvalue weighted by Gasteiger charge is 2.09. The molecule has 0 unspecified atom stereocenters. The van der Waals surface area contributed by atoms with Crippen molar-refractivity contribution >= 4 is 10.9 Å². The molecule has 0 N–H and O–H groups in total. The van der Waals surface area contributed by atoms with Crippen LogP contribution in [0.1, 0.15) is 11.5 Å². The fourth-order valence-corrected chi connectivity index (χ4v) is 2.33. The van der Waals surface area contributed by atoms with Crippen LogP contribution in [0, 0.1) is 0 Å². The summed E-state index contributed by atoms with van der Waals surface area (Å²) in [5.74, 6) is 1.61. The van der Waals surface area contributed by atoms with Crippen LogP contribution in [0.2, 0.25) is 0 Å². The minimum atomic E-state index is 0.438. The number of nitrogens with zero attached hydrogens (tertiary/aromatic N) is 2. The summed E-state index contributed by atoms with van der Waals surface area (Å²) in [5, 5.41) is 5.15. The minimum Gasteiger partial charge on any atom is -0.496 e. The maximum absolute atomic E-state index is 5.36. The Morgan fingerprint density at radius 3 is 2.95 bits per heavy atom. The lowest BCUT2D eigenvalue weighted by molar-refractivity contribution is 0.155. The van der Waals surface area contributed by atoms with Gasteiger partial charge in [0.05, 0.1) is 19.2 Å². The Bertz CT molecular complexity index is 715. The molecule has 3 aromatic rings. The molecule has 0 saturated heterocycles. The predicted octanol–water partition coefficient (Wildman–Crippen LogP) is 2.83. The van der Waals surface area contributed by atoms with Gasteiger partial charge in [0.2, 0.25) is 0 Å². The van der Waals surface area contributed by atoms with Crippen LogP contribution in [0.3, 0.4) is 0 Å². The average molecular weight is 272 g/mol. The highest BCUT2D eigenvalue weighted by molar-refractivity contribution is 5.86. The van der Waals surface area contributed by atoms with Crippen molar-refractivity contribution in [2.75, 3.05) is 14.2 Å². The fraction of sp³-hybridized carbons (Fsp3) is 0.267. The van der Waals surface area contributed by atoms with E-state index in [-0.39, 0.29) is 0 Å². The highest BCUT2D eigenvalue weighted by atomic mass is 16.5. The second-order valence-electron chi connectivity index (χ2n) is 4.55. The number of hydrogen-bond acceptors (Lipinski definition) is 4. The van der Waals surface area contributed by atoms with E-state index >= 15 is 0 Å². The number of rotatable bonds is 5. The standard InChI is InChI=1S/C15H16N2O3/c1-18-10-12-8-11(16-20-12)9-17-7-6-13-14(17)4-3-5-15(13)19-2/h3-8H,9-10H2,1-2H3. The van der Waals surface area contributed by atoms with Crippen molar-refractivity contribution < 1.29 is 14.0 Å². The summed E-state index contributed by atoms with van der Waals surface area (Å²) in [6.45, 7) is 1.09. The van der Waals surface area contributed by atoms with E-state index in [4.69, 9.17) is 14.0 Å². The van der Waals surface area contributed by atoms with Gasteiger partial charge >= 0.3 is 0 Å². The van der Waals surface area contributed by atoms with Crippen LogP contribution in [-0.4, -0.2) is 23.9 Å². The molecule has 5 nitrogen and oxygen atoms in total. The van der Waals surface area contributed by atoms with Crippen LogP contribution in [-0.2, 0) is 17.9 Å². The maximum atomic E-state index is 5.36. The largest absolute Gasteiger partial charge is 0.496 e. The fourth-order valence-electron chi connectivity index (χ4n) is 2.33. The molecule has 3 rings (SSSR count). The number of hydrogen-bond donors (Lipinski definition) is 0. The zero-order valence-corrected chi connectivity index (χ0v) is 11.5. The van der Waals surface area contributed by atoms with Crippen LogP contribution in [0.5, 0.6) is 5.75 Å². The Morgan fingerprint density at radius 2 is 2.15 bits per heavy atom. The van der Waals surface area contributed by atoms with Gasteiger partial charge in [-0.3, -0.25) is 0 Å². The van der Waals surface area contributed by atoms with E-state index in [2.05, 4.69) is 15.8 Å². The van der Waals surface area contributed by atoms with Gasteiger partial charge in [0, 0.05) is 24.8 Å². The third-order valence-electron chi connectivity index (χ3n) is 3.22. The first kappa shape index (κ1) is 12.7. The van der Waals surface area contributed by atoms with Gasteiger partial charge in [0.25, 0.3) is 0 Å². The second-order valence-corrected chi connectivity index (χ2v) is 4.55. The van der Waals surface area contributed by atoms with Crippen LogP contribution in [0.4, 0.5) is 0 Å². The summed E-state index contributed by atoms with van der Waals surface area (Å²) >= 11 is 0. The van der Waals surface area contributed by atoms with Crippen LogP contribution >= 0.6 is 0 Å². The molecule has 104 valence electrons. The molecule has 0 radical (unpaired) electrons. The molecule has 2 heterocycles. The molecule has 0 bridgehead atoms. The molecule has 0 saturated carbocycles. The van der Waals surface area contributed by atoms with Crippen molar-refractivity contribution in [1.82, 2.24) is 9.72 Å². The monoisotopic (exact) mass is 272 g/mol. The maximum Gasteiger partial charge on any atom is 0.162 e.